The lowest BCUT2D eigenvalue weighted by molar-refractivity contribution is 0.661. The molecule has 1 atom stereocenters. The Hall–Kier alpha value is -18.2. The molecule has 2 spiro atoms. The van der Waals surface area contributed by atoms with Crippen LogP contribution in [-0.4, -0.2) is 18.3 Å². The van der Waals surface area contributed by atoms with Crippen molar-refractivity contribution in [3.05, 3.63) is 529 Å². The molecule has 0 saturated carbocycles. The van der Waals surface area contributed by atoms with E-state index in [1.54, 1.807) is 0 Å². The van der Waals surface area contributed by atoms with E-state index in [1.807, 2.05) is 0 Å². The molecule has 0 radical (unpaired) electrons. The van der Waals surface area contributed by atoms with Crippen molar-refractivity contribution < 1.29 is 4.42 Å². The van der Waals surface area contributed by atoms with E-state index in [0.717, 1.165) is 78.0 Å². The molecule has 0 N–H and O–H groups in total. The molecule has 5 aliphatic carbocycles. The Kier molecular flexibility index (Phi) is 15.7. The van der Waals surface area contributed by atoms with Gasteiger partial charge in [0.05, 0.1) is 55.0 Å². The van der Waals surface area contributed by atoms with Crippen LogP contribution in [0.3, 0.4) is 0 Å². The minimum absolute atomic E-state index is 0.138. The van der Waals surface area contributed by atoms with Crippen molar-refractivity contribution in [1.29, 1.82) is 0 Å². The summed E-state index contributed by atoms with van der Waals surface area (Å²) in [7, 11) is 0. The average molecular weight is 1800 g/mol. The summed E-state index contributed by atoms with van der Waals surface area (Å²) in [4.78, 5) is 0. The molecule has 5 nitrogen and oxygen atoms in total. The summed E-state index contributed by atoms with van der Waals surface area (Å²) < 4.78 is 17.3. The summed E-state index contributed by atoms with van der Waals surface area (Å²) in [5, 5.41) is 11.9. The van der Waals surface area contributed by atoms with Gasteiger partial charge >= 0.3 is 0 Å². The molecule has 5 aromatic heterocycles. The summed E-state index contributed by atoms with van der Waals surface area (Å²) in [6.07, 6.45) is 0. The van der Waals surface area contributed by atoms with Gasteiger partial charge in [0.25, 0.3) is 0 Å². The molecule has 5 heteroatoms. The Morgan fingerprint density at radius 1 is 0.169 bits per heavy atom. The number of fused-ring (bicyclic) bond motifs is 39. The Morgan fingerprint density at radius 3 is 1.15 bits per heavy atom. The van der Waals surface area contributed by atoms with E-state index in [-0.39, 0.29) is 5.41 Å². The van der Waals surface area contributed by atoms with Crippen LogP contribution < -0.4 is 0 Å². The van der Waals surface area contributed by atoms with Gasteiger partial charge in [0, 0.05) is 93.2 Å². The standard InChI is InChI=1S/C137H84N4O/c1-135(2)113-47-19-12-39-97(113)104-77-110-108-75-87(58-67-125(108)138(128(110)79-121(104)135)89-32-8-4-9-33-89)85-60-69-127-107(73-85)100-64-65-120-132(133(100)141(127)90-34-10-5-11-35-90)103-43-17-24-52-118(103)137(120)117-51-23-16-42-102(117)131-93(44-28-53-119(131)137)88-61-70-130-112(76-88)101-46-27-45-94(134(101)142-130)82-55-62-91(63-56-82)139-126-68-59-86(84-57-66-124-106(72-84)99-41-18-25-54-123(99)140(124)92-36-26-31-83(71-92)81-29-6-3-7-30-81)74-109(126)111-78-105-98-40-15-22-50-116(98)136(122(105)80-129(111)139)114-48-20-13-37-95(114)96-38-14-21-49-115(96)136/h3-80H,1-2H3. The zero-order valence-electron chi connectivity index (χ0n) is 77.7. The monoisotopic (exact) mass is 1800 g/mol. The van der Waals surface area contributed by atoms with Gasteiger partial charge in [0.1, 0.15) is 11.2 Å². The van der Waals surface area contributed by atoms with Gasteiger partial charge in [0.2, 0.25) is 0 Å². The number of nitrogens with zero attached hydrogens (tertiary/aromatic N) is 4. The van der Waals surface area contributed by atoms with Crippen LogP contribution in [0.4, 0.5) is 0 Å². The van der Waals surface area contributed by atoms with Gasteiger partial charge in [-0.25, -0.2) is 0 Å². The second kappa shape index (κ2) is 28.5. The molecule has 5 heterocycles. The Balaban J connectivity index is 0.520. The summed E-state index contributed by atoms with van der Waals surface area (Å²) in [6, 6.07) is 179. The van der Waals surface area contributed by atoms with Gasteiger partial charge in [-0.3, -0.25) is 0 Å². The lowest BCUT2D eigenvalue weighted by atomic mass is 9.70. The molecule has 0 saturated heterocycles. The van der Waals surface area contributed by atoms with Crippen molar-refractivity contribution in [3.63, 3.8) is 0 Å². The average Bonchev–Trinajstić information content (AvgIpc) is 1.51. The molecule has 0 bridgehead atoms. The first-order valence-electron chi connectivity index (χ1n) is 49.7. The Labute approximate surface area is 818 Å². The SMILES string of the molecule is CC1(C)c2ccccc2-c2cc3c4cc(-c5ccc6c(c5)c5ccc7c(c5n6-c5ccccc5)-c5ccccc5C75c6ccccc6-c6c(-c7ccc8oc9c(-c%10ccc(-n%11c%12ccc(-c%13ccc%14c(c%13)c%13ccccc%13n%14-c%13cccc(-c%14ccccc%14)c%13)cc%12c%12cc%13c(cc%12%11)C%11(c%12ccccc%12-c%12ccccc%12%11)c%11ccccc%11-%13)cc%10)cccc9c8c7)cccc65)ccc4n(-c4ccccc4)c3cc21. The van der Waals surface area contributed by atoms with Crippen molar-refractivity contribution in [2.24, 2.45) is 0 Å². The summed E-state index contributed by atoms with van der Waals surface area (Å²) >= 11 is 0. The fraction of sp³-hybridized carbons (Fsp3) is 0.0365. The van der Waals surface area contributed by atoms with Crippen LogP contribution in [-0.2, 0) is 16.2 Å². The highest BCUT2D eigenvalue weighted by Gasteiger charge is 2.55. The van der Waals surface area contributed by atoms with E-state index < -0.39 is 10.8 Å². The van der Waals surface area contributed by atoms with E-state index in [2.05, 4.69) is 505 Å². The fourth-order valence-corrected chi connectivity index (χ4v) is 27.2. The van der Waals surface area contributed by atoms with Crippen LogP contribution in [0, 0.1) is 0 Å². The maximum atomic E-state index is 7.24. The summed E-state index contributed by atoms with van der Waals surface area (Å²) in [6.45, 7) is 4.77. The summed E-state index contributed by atoms with van der Waals surface area (Å²) in [5.41, 5.74) is 51.9. The second-order valence-electron chi connectivity index (χ2n) is 40.3. The molecule has 0 aliphatic heterocycles. The minimum Gasteiger partial charge on any atom is -0.455 e. The molecule has 0 fully saturated rings. The number of benzene rings is 22. The van der Waals surface area contributed by atoms with Crippen molar-refractivity contribution in [2.75, 3.05) is 0 Å². The van der Waals surface area contributed by atoms with Gasteiger partial charge in [-0.05, 0) is 295 Å². The van der Waals surface area contributed by atoms with E-state index in [9.17, 15) is 0 Å². The van der Waals surface area contributed by atoms with E-state index in [1.165, 1.54) is 221 Å². The van der Waals surface area contributed by atoms with Crippen molar-refractivity contribution in [1.82, 2.24) is 18.3 Å². The third kappa shape index (κ3) is 10.2. The van der Waals surface area contributed by atoms with Crippen LogP contribution in [0.1, 0.15) is 69.5 Å². The first-order valence-corrected chi connectivity index (χ1v) is 49.7. The molecule has 142 heavy (non-hydrogen) atoms. The van der Waals surface area contributed by atoms with Crippen LogP contribution in [0.15, 0.2) is 478 Å². The highest BCUT2D eigenvalue weighted by atomic mass is 16.3. The normalized spacial score (nSPS) is 14.5. The Morgan fingerprint density at radius 2 is 0.535 bits per heavy atom. The molecule has 658 valence electrons. The third-order valence-corrected chi connectivity index (χ3v) is 33.2. The zero-order chi connectivity index (χ0) is 92.8. The predicted molar refractivity (Wildman–Crippen MR) is 588 cm³/mol. The molecule has 1 unspecified atom stereocenters. The number of hydrogen-bond acceptors (Lipinski definition) is 1. The summed E-state index contributed by atoms with van der Waals surface area (Å²) in [5.74, 6) is 0. The molecular weight excluding hydrogens is 1720 g/mol. The quantitative estimate of drug-likeness (QED) is 0.142. The lowest BCUT2D eigenvalue weighted by Crippen LogP contribution is -2.25. The number of para-hydroxylation sites is 4. The zero-order valence-corrected chi connectivity index (χ0v) is 77.7. The highest BCUT2D eigenvalue weighted by Crippen LogP contribution is 2.68. The minimum atomic E-state index is -0.649. The molecule has 0 amide bonds. The maximum absolute atomic E-state index is 7.24. The van der Waals surface area contributed by atoms with Gasteiger partial charge in [-0.15, -0.1) is 0 Å². The van der Waals surface area contributed by atoms with Gasteiger partial charge in [-0.1, -0.05) is 347 Å². The number of aromatic nitrogens is 4. The topological polar surface area (TPSA) is 32.9 Å². The highest BCUT2D eigenvalue weighted by molar-refractivity contribution is 6.21. The van der Waals surface area contributed by atoms with Crippen LogP contribution in [0.25, 0.3) is 243 Å². The van der Waals surface area contributed by atoms with Crippen LogP contribution >= 0.6 is 0 Å². The van der Waals surface area contributed by atoms with E-state index in [0.29, 0.717) is 0 Å². The number of furan rings is 1. The molecular formula is C137H84N4O. The molecule has 5 aliphatic rings. The molecule has 22 aromatic carbocycles. The lowest BCUT2D eigenvalue weighted by Gasteiger charge is -2.30. The van der Waals surface area contributed by atoms with Crippen molar-refractivity contribution in [3.8, 4) is 134 Å². The van der Waals surface area contributed by atoms with Gasteiger partial charge in [0.15, 0.2) is 0 Å². The smallest absolute Gasteiger partial charge is 0.143 e. The largest absolute Gasteiger partial charge is 0.455 e. The number of hydrogen-bond donors (Lipinski definition) is 0. The van der Waals surface area contributed by atoms with Gasteiger partial charge in [-0.2, -0.15) is 0 Å². The van der Waals surface area contributed by atoms with Crippen molar-refractivity contribution in [2.45, 2.75) is 30.1 Å². The fourth-order valence-electron chi connectivity index (χ4n) is 27.2. The molecule has 32 rings (SSSR count). The van der Waals surface area contributed by atoms with E-state index in [4.69, 9.17) is 4.42 Å². The predicted octanol–water partition coefficient (Wildman–Crippen LogP) is 35.3. The third-order valence-electron chi connectivity index (χ3n) is 33.2. The number of rotatable bonds is 9. The first-order chi connectivity index (χ1) is 70.2. The Bertz CT molecular complexity index is 10200. The first kappa shape index (κ1) is 77.9. The maximum Gasteiger partial charge on any atom is 0.143 e. The molecule has 27 aromatic rings. The second-order valence-corrected chi connectivity index (χ2v) is 40.3. The van der Waals surface area contributed by atoms with Gasteiger partial charge < -0.3 is 22.7 Å². The van der Waals surface area contributed by atoms with Crippen LogP contribution in [0.5, 0.6) is 0 Å². The van der Waals surface area contributed by atoms with Crippen molar-refractivity contribution >= 4 is 109 Å². The van der Waals surface area contributed by atoms with E-state index >= 15 is 0 Å². The van der Waals surface area contributed by atoms with Crippen LogP contribution in [0.2, 0.25) is 0 Å².